The number of anilines is 1. The smallest absolute Gasteiger partial charge is 0.227 e. The van der Waals surface area contributed by atoms with Crippen molar-refractivity contribution in [1.29, 1.82) is 0 Å². The maximum atomic E-state index is 16.5. The van der Waals surface area contributed by atoms with Crippen LogP contribution in [-0.2, 0) is 11.2 Å². The van der Waals surface area contributed by atoms with Crippen molar-refractivity contribution in [1.82, 2.24) is 14.5 Å². The Bertz CT molecular complexity index is 1770. The second-order valence-electron chi connectivity index (χ2n) is 11.1. The first-order valence-corrected chi connectivity index (χ1v) is 14.7. The van der Waals surface area contributed by atoms with Gasteiger partial charge in [-0.2, -0.15) is 0 Å². The molecule has 226 valence electrons. The number of fused-ring (bicyclic) bond motifs is 1. The highest BCUT2D eigenvalue weighted by molar-refractivity contribution is 5.82. The number of carbonyl (C=O) groups is 1. The molecule has 0 aliphatic carbocycles. The Morgan fingerprint density at radius 2 is 1.57 bits per heavy atom. The highest BCUT2D eigenvalue weighted by Crippen LogP contribution is 2.35. The average molecular weight is 599 g/mol. The Morgan fingerprint density at radius 3 is 2.27 bits per heavy atom. The molecule has 1 aliphatic heterocycles. The van der Waals surface area contributed by atoms with Gasteiger partial charge in [0.2, 0.25) is 12.2 Å². The van der Waals surface area contributed by atoms with Crippen molar-refractivity contribution in [2.45, 2.75) is 32.7 Å². The van der Waals surface area contributed by atoms with E-state index in [0.717, 1.165) is 11.3 Å². The van der Waals surface area contributed by atoms with Gasteiger partial charge in [-0.1, -0.05) is 60.7 Å². The molecule has 1 aromatic heterocycles. The highest BCUT2D eigenvalue weighted by atomic mass is 19.2. The lowest BCUT2D eigenvalue weighted by molar-refractivity contribution is -0.130. The molecular formula is C35H33F3N4O2. The molecule has 2 unspecified atom stereocenters. The highest BCUT2D eigenvalue weighted by Gasteiger charge is 2.29. The molecule has 9 heteroatoms. The summed E-state index contributed by atoms with van der Waals surface area (Å²) in [6.07, 6.45) is -2.41. The van der Waals surface area contributed by atoms with Crippen molar-refractivity contribution in [3.8, 4) is 5.75 Å². The first-order chi connectivity index (χ1) is 21.3. The molecule has 6 nitrogen and oxygen atoms in total. The largest absolute Gasteiger partial charge is 0.483 e. The number of aromatic nitrogens is 2. The van der Waals surface area contributed by atoms with Crippen LogP contribution in [0.5, 0.6) is 5.75 Å². The van der Waals surface area contributed by atoms with Gasteiger partial charge in [-0.3, -0.25) is 9.36 Å². The van der Waals surface area contributed by atoms with Gasteiger partial charge in [0.1, 0.15) is 5.75 Å². The molecular weight excluding hydrogens is 565 g/mol. The lowest BCUT2D eigenvalue weighted by atomic mass is 10.1. The van der Waals surface area contributed by atoms with Crippen LogP contribution in [0.3, 0.4) is 0 Å². The van der Waals surface area contributed by atoms with Crippen LogP contribution in [0.2, 0.25) is 0 Å². The molecule has 6 rings (SSSR count). The maximum Gasteiger partial charge on any atom is 0.227 e. The zero-order valence-corrected chi connectivity index (χ0v) is 24.6. The van der Waals surface area contributed by atoms with Gasteiger partial charge >= 0.3 is 0 Å². The van der Waals surface area contributed by atoms with Crippen LogP contribution < -0.4 is 9.64 Å². The number of alkyl halides is 1. The summed E-state index contributed by atoms with van der Waals surface area (Å²) in [5.41, 5.74) is 2.40. The van der Waals surface area contributed by atoms with Gasteiger partial charge in [0, 0.05) is 37.4 Å². The van der Waals surface area contributed by atoms with Gasteiger partial charge < -0.3 is 14.5 Å². The number of rotatable bonds is 8. The predicted molar refractivity (Wildman–Crippen MR) is 164 cm³/mol. The van der Waals surface area contributed by atoms with Gasteiger partial charge in [-0.05, 0) is 55.3 Å². The minimum Gasteiger partial charge on any atom is -0.483 e. The van der Waals surface area contributed by atoms with E-state index in [1.165, 1.54) is 23.6 Å². The summed E-state index contributed by atoms with van der Waals surface area (Å²) >= 11 is 0. The number of amides is 1. The van der Waals surface area contributed by atoms with E-state index in [9.17, 15) is 9.18 Å². The number of hydrogen-bond donors (Lipinski definition) is 0. The number of para-hydroxylation sites is 1. The van der Waals surface area contributed by atoms with Gasteiger partial charge in [0.25, 0.3) is 0 Å². The summed E-state index contributed by atoms with van der Waals surface area (Å²) in [6, 6.07) is 26.9. The normalized spacial score (nSPS) is 14.9. The predicted octanol–water partition coefficient (Wildman–Crippen LogP) is 7.17. The fourth-order valence-corrected chi connectivity index (χ4v) is 5.66. The quantitative estimate of drug-likeness (QED) is 0.190. The monoisotopic (exact) mass is 598 g/mol. The molecule has 5 aromatic rings. The summed E-state index contributed by atoms with van der Waals surface area (Å²) < 4.78 is 53.5. The standard InChI is InChI=1S/C35H33F3N4O2/c1-23-13-15-28(33(37)32(23)36)34(38)42-30-22-26(14-16-29(30)39-35(42)24(2)44-27-11-7-4-8-12-27)40-17-19-41(20-18-40)31(43)21-25-9-5-3-6-10-25/h3-16,22,24,34H,17-21H2,1-2H3. The van der Waals surface area contributed by atoms with Gasteiger partial charge in [0.15, 0.2) is 23.6 Å². The van der Waals surface area contributed by atoms with Crippen LogP contribution in [0.4, 0.5) is 18.9 Å². The third kappa shape index (κ3) is 5.86. The number of piperazine rings is 1. The van der Waals surface area contributed by atoms with Crippen LogP contribution in [0.25, 0.3) is 11.0 Å². The Kier molecular flexibility index (Phi) is 8.28. The van der Waals surface area contributed by atoms with Crippen molar-refractivity contribution in [2.24, 2.45) is 0 Å². The summed E-state index contributed by atoms with van der Waals surface area (Å²) in [4.78, 5) is 21.6. The zero-order chi connectivity index (χ0) is 30.8. The Labute approximate surface area is 254 Å². The minimum absolute atomic E-state index is 0.0778. The van der Waals surface area contributed by atoms with Gasteiger partial charge in [0.05, 0.1) is 17.5 Å². The first kappa shape index (κ1) is 29.3. The number of hydrogen-bond acceptors (Lipinski definition) is 4. The molecule has 1 amide bonds. The third-order valence-electron chi connectivity index (χ3n) is 8.10. The number of imidazole rings is 1. The fourth-order valence-electron chi connectivity index (χ4n) is 5.66. The molecule has 2 heterocycles. The van der Waals surface area contributed by atoms with Gasteiger partial charge in [-0.15, -0.1) is 0 Å². The van der Waals surface area contributed by atoms with Crippen LogP contribution in [-0.4, -0.2) is 46.5 Å². The Hall–Kier alpha value is -4.79. The molecule has 0 saturated carbocycles. The maximum absolute atomic E-state index is 16.5. The Morgan fingerprint density at radius 1 is 0.886 bits per heavy atom. The summed E-state index contributed by atoms with van der Waals surface area (Å²) in [7, 11) is 0. The number of halogens is 3. The van der Waals surface area contributed by atoms with E-state index in [0.29, 0.717) is 49.4 Å². The molecule has 1 aliphatic rings. The number of carbonyl (C=O) groups excluding carboxylic acids is 1. The summed E-state index contributed by atoms with van der Waals surface area (Å²) in [5, 5.41) is 0. The zero-order valence-electron chi connectivity index (χ0n) is 24.6. The first-order valence-electron chi connectivity index (χ1n) is 14.7. The average Bonchev–Trinajstić information content (AvgIpc) is 3.44. The van der Waals surface area contributed by atoms with Crippen LogP contribution in [0, 0.1) is 18.6 Å². The molecule has 1 fully saturated rings. The van der Waals surface area contributed by atoms with Crippen molar-refractivity contribution < 1.29 is 22.7 Å². The number of benzene rings is 4. The SMILES string of the molecule is Cc1ccc(C(F)n2c(C(C)Oc3ccccc3)nc3ccc(N4CCN(C(=O)Cc5ccccc5)CC4)cc32)c(F)c1F. The number of nitrogens with zero attached hydrogens (tertiary/aromatic N) is 4. The number of ether oxygens (including phenoxy) is 1. The lowest BCUT2D eigenvalue weighted by Gasteiger charge is -2.36. The van der Waals surface area contributed by atoms with Crippen LogP contribution >= 0.6 is 0 Å². The van der Waals surface area contributed by atoms with Crippen molar-refractivity contribution in [2.75, 3.05) is 31.1 Å². The molecule has 0 N–H and O–H groups in total. The van der Waals surface area contributed by atoms with Crippen LogP contribution in [0.1, 0.15) is 41.8 Å². The Balaban J connectivity index is 1.31. The van der Waals surface area contributed by atoms with Crippen molar-refractivity contribution >= 4 is 22.6 Å². The molecule has 0 radical (unpaired) electrons. The minimum atomic E-state index is -2.06. The molecule has 4 aromatic carbocycles. The number of aryl methyl sites for hydroxylation is 1. The molecule has 1 saturated heterocycles. The molecule has 0 bridgehead atoms. The summed E-state index contributed by atoms with van der Waals surface area (Å²) in [5.74, 6) is -1.42. The fraction of sp³-hybridized carbons (Fsp3) is 0.257. The molecule has 2 atom stereocenters. The topological polar surface area (TPSA) is 50.6 Å². The van der Waals surface area contributed by atoms with E-state index in [-0.39, 0.29) is 17.3 Å². The lowest BCUT2D eigenvalue weighted by Crippen LogP contribution is -2.49. The summed E-state index contributed by atoms with van der Waals surface area (Å²) in [6.45, 7) is 5.47. The van der Waals surface area contributed by atoms with Crippen LogP contribution in [0.15, 0.2) is 91.0 Å². The van der Waals surface area contributed by atoms with E-state index in [1.807, 2.05) is 65.6 Å². The van der Waals surface area contributed by atoms with E-state index in [4.69, 9.17) is 9.72 Å². The van der Waals surface area contributed by atoms with E-state index < -0.39 is 29.6 Å². The van der Waals surface area contributed by atoms with Crippen molar-refractivity contribution in [3.05, 3.63) is 125 Å². The van der Waals surface area contributed by atoms with Gasteiger partial charge in [-0.25, -0.2) is 18.2 Å². The van der Waals surface area contributed by atoms with Crippen molar-refractivity contribution in [3.63, 3.8) is 0 Å². The second-order valence-corrected chi connectivity index (χ2v) is 11.1. The van der Waals surface area contributed by atoms with E-state index in [1.54, 1.807) is 25.1 Å². The van der Waals surface area contributed by atoms with E-state index in [2.05, 4.69) is 4.90 Å². The molecule has 0 spiro atoms. The molecule has 44 heavy (non-hydrogen) atoms. The van der Waals surface area contributed by atoms with E-state index >= 15 is 8.78 Å². The second kappa shape index (κ2) is 12.4. The third-order valence-corrected chi connectivity index (χ3v) is 8.10.